The van der Waals surface area contributed by atoms with Gasteiger partial charge in [0.15, 0.2) is 0 Å². The molecule has 4 unspecified atom stereocenters. The summed E-state index contributed by atoms with van der Waals surface area (Å²) in [7, 11) is 0. The van der Waals surface area contributed by atoms with Crippen molar-refractivity contribution in [1.29, 1.82) is 0 Å². The number of rotatable bonds is 22. The zero-order valence-electron chi connectivity index (χ0n) is 21.8. The summed E-state index contributed by atoms with van der Waals surface area (Å²) >= 11 is 0. The monoisotopic (exact) mass is 474 g/mol. The SMILES string of the molecule is CC(C)CCCC(C)CCCC1CCCC(C(CO)OCCOCCOCCOCCO)C1. The maximum Gasteiger partial charge on any atom is 0.0835 e. The molecular formula is C27H54O6. The van der Waals surface area contributed by atoms with Gasteiger partial charge >= 0.3 is 0 Å². The van der Waals surface area contributed by atoms with Gasteiger partial charge in [-0.3, -0.25) is 0 Å². The highest BCUT2D eigenvalue weighted by molar-refractivity contribution is 4.79. The molecular weight excluding hydrogens is 420 g/mol. The summed E-state index contributed by atoms with van der Waals surface area (Å²) in [5.74, 6) is 2.94. The second kappa shape index (κ2) is 21.1. The van der Waals surface area contributed by atoms with E-state index in [9.17, 15) is 5.11 Å². The largest absolute Gasteiger partial charge is 0.394 e. The molecule has 4 atom stereocenters. The summed E-state index contributed by atoms with van der Waals surface area (Å²) in [6, 6.07) is 0. The quantitative estimate of drug-likeness (QED) is 0.219. The van der Waals surface area contributed by atoms with Gasteiger partial charge in [-0.1, -0.05) is 72.1 Å². The molecule has 2 N–H and O–H groups in total. The molecule has 0 radical (unpaired) electrons. The third-order valence-electron chi connectivity index (χ3n) is 6.86. The molecule has 198 valence electrons. The van der Waals surface area contributed by atoms with Gasteiger partial charge < -0.3 is 29.2 Å². The molecule has 6 nitrogen and oxygen atoms in total. The smallest absolute Gasteiger partial charge is 0.0835 e. The molecule has 0 bridgehead atoms. The van der Waals surface area contributed by atoms with Crippen molar-refractivity contribution in [3.63, 3.8) is 0 Å². The number of aliphatic hydroxyl groups is 2. The van der Waals surface area contributed by atoms with E-state index < -0.39 is 0 Å². The molecule has 1 saturated carbocycles. The lowest BCUT2D eigenvalue weighted by Gasteiger charge is -2.34. The maximum atomic E-state index is 9.88. The maximum absolute atomic E-state index is 9.88. The fourth-order valence-corrected chi connectivity index (χ4v) is 4.91. The molecule has 1 aliphatic carbocycles. The first kappa shape index (κ1) is 30.8. The van der Waals surface area contributed by atoms with E-state index in [0.717, 1.165) is 17.8 Å². The predicted molar refractivity (Wildman–Crippen MR) is 134 cm³/mol. The Morgan fingerprint density at radius 2 is 1.39 bits per heavy atom. The van der Waals surface area contributed by atoms with Gasteiger partial charge in [-0.25, -0.2) is 0 Å². The van der Waals surface area contributed by atoms with Gasteiger partial charge in [0.25, 0.3) is 0 Å². The van der Waals surface area contributed by atoms with Gasteiger partial charge in [0.1, 0.15) is 0 Å². The molecule has 0 amide bonds. The highest BCUT2D eigenvalue weighted by Gasteiger charge is 2.28. The van der Waals surface area contributed by atoms with Crippen LogP contribution in [0, 0.1) is 23.7 Å². The summed E-state index contributed by atoms with van der Waals surface area (Å²) in [6.45, 7) is 10.6. The van der Waals surface area contributed by atoms with Crippen LogP contribution in [0.25, 0.3) is 0 Å². The molecule has 1 aliphatic rings. The molecule has 0 heterocycles. The molecule has 1 fully saturated rings. The average molecular weight is 475 g/mol. The number of hydrogen-bond acceptors (Lipinski definition) is 6. The molecule has 1 rings (SSSR count). The Morgan fingerprint density at radius 3 is 2.03 bits per heavy atom. The van der Waals surface area contributed by atoms with Crippen molar-refractivity contribution >= 4 is 0 Å². The molecule has 6 heteroatoms. The Bertz CT molecular complexity index is 419. The van der Waals surface area contributed by atoms with E-state index in [-0.39, 0.29) is 19.3 Å². The van der Waals surface area contributed by atoms with Crippen molar-refractivity contribution in [3.05, 3.63) is 0 Å². The van der Waals surface area contributed by atoms with Crippen molar-refractivity contribution in [2.75, 3.05) is 59.5 Å². The fraction of sp³-hybridized carbons (Fsp3) is 1.00. The summed E-state index contributed by atoms with van der Waals surface area (Å²) < 4.78 is 22.1. The number of ether oxygens (including phenoxy) is 4. The fourth-order valence-electron chi connectivity index (χ4n) is 4.91. The van der Waals surface area contributed by atoms with Crippen LogP contribution in [0.4, 0.5) is 0 Å². The molecule has 33 heavy (non-hydrogen) atoms. The Hall–Kier alpha value is -0.240. The Labute approximate surface area is 203 Å². The normalized spacial score (nSPS) is 20.9. The van der Waals surface area contributed by atoms with E-state index in [1.807, 2.05) is 0 Å². The third-order valence-corrected chi connectivity index (χ3v) is 6.86. The van der Waals surface area contributed by atoms with Crippen LogP contribution in [0.1, 0.15) is 85.0 Å². The molecule has 0 saturated heterocycles. The van der Waals surface area contributed by atoms with Crippen molar-refractivity contribution < 1.29 is 29.2 Å². The van der Waals surface area contributed by atoms with E-state index in [1.54, 1.807) is 0 Å². The third kappa shape index (κ3) is 16.9. The Morgan fingerprint density at radius 1 is 0.758 bits per heavy atom. The average Bonchev–Trinajstić information content (AvgIpc) is 2.80. The highest BCUT2D eigenvalue weighted by atomic mass is 16.6. The van der Waals surface area contributed by atoms with Crippen LogP contribution in [0.15, 0.2) is 0 Å². The van der Waals surface area contributed by atoms with Gasteiger partial charge in [-0.05, 0) is 36.5 Å². The number of hydrogen-bond donors (Lipinski definition) is 2. The minimum atomic E-state index is -0.0636. The lowest BCUT2D eigenvalue weighted by Crippen LogP contribution is -2.33. The summed E-state index contributed by atoms with van der Waals surface area (Å²) in [6.07, 6.45) is 13.0. The van der Waals surface area contributed by atoms with Crippen molar-refractivity contribution in [2.24, 2.45) is 23.7 Å². The van der Waals surface area contributed by atoms with Crippen LogP contribution >= 0.6 is 0 Å². The van der Waals surface area contributed by atoms with Gasteiger partial charge in [0.2, 0.25) is 0 Å². The lowest BCUT2D eigenvalue weighted by molar-refractivity contribution is -0.0633. The van der Waals surface area contributed by atoms with Crippen LogP contribution in [0.3, 0.4) is 0 Å². The first-order chi connectivity index (χ1) is 16.1. The van der Waals surface area contributed by atoms with E-state index in [4.69, 9.17) is 24.1 Å². The molecule has 0 aromatic heterocycles. The summed E-state index contributed by atoms with van der Waals surface area (Å²) in [5.41, 5.74) is 0. The minimum absolute atomic E-state index is 0.0391. The van der Waals surface area contributed by atoms with Gasteiger partial charge in [-0.15, -0.1) is 0 Å². The Balaban J connectivity index is 2.09. The zero-order chi connectivity index (χ0) is 24.2. The van der Waals surface area contributed by atoms with Crippen molar-refractivity contribution in [2.45, 2.75) is 91.1 Å². The topological polar surface area (TPSA) is 77.4 Å². The van der Waals surface area contributed by atoms with Gasteiger partial charge in [-0.2, -0.15) is 0 Å². The van der Waals surface area contributed by atoms with E-state index in [1.165, 1.54) is 64.2 Å². The molecule has 0 aromatic rings. The van der Waals surface area contributed by atoms with E-state index in [2.05, 4.69) is 20.8 Å². The van der Waals surface area contributed by atoms with E-state index in [0.29, 0.717) is 52.2 Å². The second-order valence-electron chi connectivity index (χ2n) is 10.3. The van der Waals surface area contributed by atoms with Gasteiger partial charge in [0.05, 0.1) is 65.6 Å². The molecule has 0 aliphatic heterocycles. The second-order valence-corrected chi connectivity index (χ2v) is 10.3. The highest BCUT2D eigenvalue weighted by Crippen LogP contribution is 2.35. The lowest BCUT2D eigenvalue weighted by atomic mass is 9.76. The molecule has 0 spiro atoms. The molecule has 0 aromatic carbocycles. The minimum Gasteiger partial charge on any atom is -0.394 e. The van der Waals surface area contributed by atoms with E-state index >= 15 is 0 Å². The Kier molecular flexibility index (Phi) is 19.7. The first-order valence-electron chi connectivity index (χ1n) is 13.6. The van der Waals surface area contributed by atoms with Crippen molar-refractivity contribution in [3.8, 4) is 0 Å². The van der Waals surface area contributed by atoms with Crippen molar-refractivity contribution in [1.82, 2.24) is 0 Å². The van der Waals surface area contributed by atoms with Crippen LogP contribution < -0.4 is 0 Å². The van der Waals surface area contributed by atoms with Gasteiger partial charge in [0, 0.05) is 0 Å². The predicted octanol–water partition coefficient (Wildman–Crippen LogP) is 4.85. The van der Waals surface area contributed by atoms with Crippen LogP contribution in [-0.4, -0.2) is 75.8 Å². The van der Waals surface area contributed by atoms with Crippen LogP contribution in [-0.2, 0) is 18.9 Å². The number of aliphatic hydroxyl groups excluding tert-OH is 2. The first-order valence-corrected chi connectivity index (χ1v) is 13.6. The summed E-state index contributed by atoms with van der Waals surface area (Å²) in [4.78, 5) is 0. The standard InChI is InChI=1S/C27H54O6/c1-23(2)7-4-8-24(3)9-5-10-25-11-6-12-26(21-25)27(22-29)33-20-19-32-18-17-31-16-15-30-14-13-28/h23-29H,4-22H2,1-3H3. The van der Waals surface area contributed by atoms with Crippen LogP contribution in [0.5, 0.6) is 0 Å². The summed E-state index contributed by atoms with van der Waals surface area (Å²) in [5, 5.41) is 18.5. The zero-order valence-corrected chi connectivity index (χ0v) is 21.8. The van der Waals surface area contributed by atoms with Crippen LogP contribution in [0.2, 0.25) is 0 Å².